The van der Waals surface area contributed by atoms with E-state index in [-0.39, 0.29) is 18.1 Å². The van der Waals surface area contributed by atoms with Crippen molar-refractivity contribution in [2.24, 2.45) is 5.84 Å². The summed E-state index contributed by atoms with van der Waals surface area (Å²) in [5, 5.41) is 0. The molecule has 2 atom stereocenters. The third-order valence-corrected chi connectivity index (χ3v) is 1.71. The van der Waals surface area contributed by atoms with Crippen molar-refractivity contribution in [3.63, 3.8) is 0 Å². The van der Waals surface area contributed by atoms with Crippen LogP contribution in [0.4, 0.5) is 4.39 Å². The lowest BCUT2D eigenvalue weighted by molar-refractivity contribution is 0.349. The van der Waals surface area contributed by atoms with E-state index in [0.717, 1.165) is 6.20 Å². The Morgan fingerprint density at radius 3 is 3.00 bits per heavy atom. The lowest BCUT2D eigenvalue weighted by Gasteiger charge is -1.94. The first kappa shape index (κ1) is 7.60. The van der Waals surface area contributed by atoms with Gasteiger partial charge in [0.15, 0.2) is 6.23 Å². The molecule has 5 heteroatoms. The Kier molecular flexibility index (Phi) is 1.76. The zero-order valence-corrected chi connectivity index (χ0v) is 6.20. The van der Waals surface area contributed by atoms with Crippen LogP contribution >= 0.6 is 0 Å². The van der Waals surface area contributed by atoms with Crippen LogP contribution in [0.25, 0.3) is 0 Å². The Morgan fingerprint density at radius 2 is 2.42 bits per heavy atom. The Hall–Kier alpha value is -1.04. The summed E-state index contributed by atoms with van der Waals surface area (Å²) in [4.78, 5) is 3.69. The number of hydrazine groups is 1. The van der Waals surface area contributed by atoms with Crippen LogP contribution in [0.15, 0.2) is 18.5 Å². The van der Waals surface area contributed by atoms with Crippen LogP contribution < -0.4 is 11.3 Å². The van der Waals surface area contributed by atoms with Crippen molar-refractivity contribution in [3.05, 3.63) is 29.8 Å². The number of hydrogen-bond donors (Lipinski definition) is 2. The molecule has 4 nitrogen and oxygen atoms in total. The first-order valence-electron chi connectivity index (χ1n) is 3.53. The lowest BCUT2D eigenvalue weighted by atomic mass is 10.2. The van der Waals surface area contributed by atoms with Gasteiger partial charge in [0.25, 0.3) is 0 Å². The van der Waals surface area contributed by atoms with Gasteiger partial charge < -0.3 is 4.74 Å². The van der Waals surface area contributed by atoms with E-state index >= 15 is 0 Å². The van der Waals surface area contributed by atoms with E-state index in [1.807, 2.05) is 0 Å². The number of nitrogens with one attached hydrogen (secondary N) is 1. The van der Waals surface area contributed by atoms with Gasteiger partial charge in [0.1, 0.15) is 11.9 Å². The standard InChI is InChI=1S/C7H8FN3O/c8-5-1-4(2-10-3-5)6-7(11-9)12-6/h1-3,6-7,11H,9H2. The van der Waals surface area contributed by atoms with Gasteiger partial charge in [-0.1, -0.05) is 0 Å². The van der Waals surface area contributed by atoms with Gasteiger partial charge in [0.05, 0.1) is 6.20 Å². The molecule has 2 rings (SSSR count). The van der Waals surface area contributed by atoms with Gasteiger partial charge in [0, 0.05) is 11.8 Å². The van der Waals surface area contributed by atoms with Gasteiger partial charge >= 0.3 is 0 Å². The Balaban J connectivity index is 2.14. The van der Waals surface area contributed by atoms with E-state index in [0.29, 0.717) is 5.56 Å². The molecule has 1 saturated heterocycles. The van der Waals surface area contributed by atoms with E-state index < -0.39 is 0 Å². The highest BCUT2D eigenvalue weighted by Gasteiger charge is 2.39. The van der Waals surface area contributed by atoms with Crippen molar-refractivity contribution in [2.75, 3.05) is 0 Å². The van der Waals surface area contributed by atoms with Crippen LogP contribution in [-0.4, -0.2) is 11.2 Å². The summed E-state index contributed by atoms with van der Waals surface area (Å²) in [6, 6.07) is 1.38. The Morgan fingerprint density at radius 1 is 1.58 bits per heavy atom. The number of aromatic nitrogens is 1. The second-order valence-electron chi connectivity index (χ2n) is 2.58. The molecule has 0 amide bonds. The number of nitrogens with two attached hydrogens (primary N) is 1. The van der Waals surface area contributed by atoms with E-state index in [2.05, 4.69) is 10.4 Å². The molecule has 0 bridgehead atoms. The highest BCUT2D eigenvalue weighted by atomic mass is 19.1. The molecule has 2 unspecified atom stereocenters. The smallest absolute Gasteiger partial charge is 0.152 e. The third kappa shape index (κ3) is 1.29. The minimum Gasteiger partial charge on any atom is -0.347 e. The van der Waals surface area contributed by atoms with Gasteiger partial charge in [-0.2, -0.15) is 0 Å². The molecular formula is C7H8FN3O. The maximum absolute atomic E-state index is 12.6. The topological polar surface area (TPSA) is 63.5 Å². The number of ether oxygens (including phenoxy) is 1. The number of epoxide rings is 1. The van der Waals surface area contributed by atoms with E-state index in [1.165, 1.54) is 6.07 Å². The molecule has 3 N–H and O–H groups in total. The summed E-state index contributed by atoms with van der Waals surface area (Å²) in [5.74, 6) is 4.75. The second-order valence-corrected chi connectivity index (χ2v) is 2.58. The van der Waals surface area contributed by atoms with Crippen molar-refractivity contribution in [1.82, 2.24) is 10.4 Å². The van der Waals surface area contributed by atoms with Crippen LogP contribution in [0.5, 0.6) is 0 Å². The number of halogens is 1. The first-order chi connectivity index (χ1) is 5.81. The maximum Gasteiger partial charge on any atom is 0.152 e. The molecule has 0 aliphatic carbocycles. The second kappa shape index (κ2) is 2.78. The molecule has 1 aliphatic rings. The summed E-state index contributed by atoms with van der Waals surface area (Å²) in [5.41, 5.74) is 3.14. The minimum absolute atomic E-state index is 0.154. The summed E-state index contributed by atoms with van der Waals surface area (Å²) in [7, 11) is 0. The molecular weight excluding hydrogens is 161 g/mol. The van der Waals surface area contributed by atoms with Crippen LogP contribution in [-0.2, 0) is 4.74 Å². The van der Waals surface area contributed by atoms with E-state index in [9.17, 15) is 4.39 Å². The van der Waals surface area contributed by atoms with Crippen LogP contribution in [0.1, 0.15) is 11.7 Å². The highest BCUT2D eigenvalue weighted by Crippen LogP contribution is 2.35. The van der Waals surface area contributed by atoms with E-state index in [1.54, 1.807) is 6.20 Å². The molecule has 1 fully saturated rings. The zero-order valence-electron chi connectivity index (χ0n) is 6.20. The van der Waals surface area contributed by atoms with Gasteiger partial charge in [-0.25, -0.2) is 9.82 Å². The Labute approximate surface area is 68.5 Å². The third-order valence-electron chi connectivity index (χ3n) is 1.71. The molecule has 0 spiro atoms. The van der Waals surface area contributed by atoms with Gasteiger partial charge in [-0.15, -0.1) is 0 Å². The lowest BCUT2D eigenvalue weighted by Crippen LogP contribution is -2.25. The molecule has 0 aromatic carbocycles. The van der Waals surface area contributed by atoms with E-state index in [4.69, 9.17) is 10.6 Å². The quantitative estimate of drug-likeness (QED) is 0.374. The molecule has 1 aliphatic heterocycles. The molecule has 0 saturated carbocycles. The number of hydrogen-bond acceptors (Lipinski definition) is 4. The normalized spacial score (nSPS) is 27.2. The molecule has 1 aromatic heterocycles. The van der Waals surface area contributed by atoms with Gasteiger partial charge in [0.2, 0.25) is 0 Å². The first-order valence-corrected chi connectivity index (χ1v) is 3.53. The monoisotopic (exact) mass is 169 g/mol. The highest BCUT2D eigenvalue weighted by molar-refractivity contribution is 5.18. The predicted molar refractivity (Wildman–Crippen MR) is 39.1 cm³/mol. The molecule has 1 aromatic rings. The van der Waals surface area contributed by atoms with Gasteiger partial charge in [-0.05, 0) is 6.07 Å². The Bertz CT molecular complexity index is 294. The summed E-state index contributed by atoms with van der Waals surface area (Å²) >= 11 is 0. The largest absolute Gasteiger partial charge is 0.347 e. The average molecular weight is 169 g/mol. The summed E-state index contributed by atoms with van der Waals surface area (Å²) < 4.78 is 17.7. The number of nitrogens with zero attached hydrogens (tertiary/aromatic N) is 1. The fourth-order valence-electron chi connectivity index (χ4n) is 1.08. The number of rotatable bonds is 2. The summed E-state index contributed by atoms with van der Waals surface area (Å²) in [6.07, 6.45) is 2.36. The molecule has 12 heavy (non-hydrogen) atoms. The molecule has 2 heterocycles. The van der Waals surface area contributed by atoms with Crippen molar-refractivity contribution in [1.29, 1.82) is 0 Å². The van der Waals surface area contributed by atoms with Gasteiger partial charge in [-0.3, -0.25) is 10.8 Å². The minimum atomic E-state index is -0.362. The number of pyridine rings is 1. The van der Waals surface area contributed by atoms with Crippen molar-refractivity contribution in [2.45, 2.75) is 12.3 Å². The van der Waals surface area contributed by atoms with Crippen LogP contribution in [0.3, 0.4) is 0 Å². The molecule has 0 radical (unpaired) electrons. The van der Waals surface area contributed by atoms with Crippen molar-refractivity contribution >= 4 is 0 Å². The van der Waals surface area contributed by atoms with Crippen molar-refractivity contribution < 1.29 is 9.13 Å². The van der Waals surface area contributed by atoms with Crippen molar-refractivity contribution in [3.8, 4) is 0 Å². The maximum atomic E-state index is 12.6. The fourth-order valence-corrected chi connectivity index (χ4v) is 1.08. The zero-order chi connectivity index (χ0) is 8.55. The van der Waals surface area contributed by atoms with Crippen LogP contribution in [0.2, 0.25) is 0 Å². The summed E-state index contributed by atoms with van der Waals surface area (Å²) in [6.45, 7) is 0. The van der Waals surface area contributed by atoms with Crippen LogP contribution in [0, 0.1) is 5.82 Å². The SMILES string of the molecule is NNC1OC1c1cncc(F)c1. The molecule has 64 valence electrons. The predicted octanol–water partition coefficient (Wildman–Crippen LogP) is 0.0814. The average Bonchev–Trinajstić information content (AvgIpc) is 2.83. The fraction of sp³-hybridized carbons (Fsp3) is 0.286.